The van der Waals surface area contributed by atoms with Crippen LogP contribution in [0.4, 0.5) is 0 Å². The van der Waals surface area contributed by atoms with Gasteiger partial charge in [-0.25, -0.2) is 0 Å². The fourth-order valence-corrected chi connectivity index (χ4v) is 3.43. The molecule has 0 spiro atoms. The quantitative estimate of drug-likeness (QED) is 0.762. The molecule has 0 aromatic rings. The highest BCUT2D eigenvalue weighted by Gasteiger charge is 2.35. The fourth-order valence-electron chi connectivity index (χ4n) is 3.43. The van der Waals surface area contributed by atoms with Crippen molar-refractivity contribution in [3.8, 4) is 0 Å². The number of hydrogen-bond acceptors (Lipinski definition) is 3. The van der Waals surface area contributed by atoms with E-state index < -0.39 is 0 Å². The number of hydrogen-bond donors (Lipinski definition) is 2. The van der Waals surface area contributed by atoms with E-state index in [1.807, 2.05) is 0 Å². The molecule has 2 rings (SSSR count). The van der Waals surface area contributed by atoms with Crippen molar-refractivity contribution in [1.82, 2.24) is 10.2 Å². The van der Waals surface area contributed by atoms with Crippen molar-refractivity contribution < 1.29 is 5.11 Å². The van der Waals surface area contributed by atoms with Gasteiger partial charge in [-0.1, -0.05) is 6.42 Å². The van der Waals surface area contributed by atoms with Gasteiger partial charge in [-0.15, -0.1) is 0 Å². The molecule has 1 aliphatic heterocycles. The van der Waals surface area contributed by atoms with Gasteiger partial charge in [0.15, 0.2) is 0 Å². The standard InChI is InChI=1S/C15H30N2O/c1-12-6-4-5-9-17(12)13(2)10-15(3,11-18)16-14-7-8-14/h12-14,16,18H,4-11H2,1-3H3. The van der Waals surface area contributed by atoms with Crippen LogP contribution >= 0.6 is 0 Å². The fraction of sp³-hybridized carbons (Fsp3) is 1.00. The molecule has 1 saturated heterocycles. The molecule has 0 aromatic carbocycles. The minimum atomic E-state index is -0.0995. The van der Waals surface area contributed by atoms with E-state index in [1.165, 1.54) is 38.6 Å². The first-order chi connectivity index (χ1) is 8.54. The minimum Gasteiger partial charge on any atom is -0.394 e. The highest BCUT2D eigenvalue weighted by atomic mass is 16.3. The molecule has 1 heterocycles. The molecule has 0 radical (unpaired) electrons. The van der Waals surface area contributed by atoms with Gasteiger partial charge in [-0.05, 0) is 59.4 Å². The molecule has 0 amide bonds. The Labute approximate surface area is 112 Å². The van der Waals surface area contributed by atoms with Crippen molar-refractivity contribution in [3.63, 3.8) is 0 Å². The van der Waals surface area contributed by atoms with Crippen LogP contribution in [0.15, 0.2) is 0 Å². The molecule has 1 saturated carbocycles. The van der Waals surface area contributed by atoms with Crippen molar-refractivity contribution in [3.05, 3.63) is 0 Å². The zero-order chi connectivity index (χ0) is 13.2. The number of nitrogens with one attached hydrogen (secondary N) is 1. The van der Waals surface area contributed by atoms with Gasteiger partial charge in [0.2, 0.25) is 0 Å². The summed E-state index contributed by atoms with van der Waals surface area (Å²) in [5, 5.41) is 13.3. The minimum absolute atomic E-state index is 0.0995. The first kappa shape index (κ1) is 14.3. The maximum absolute atomic E-state index is 9.69. The van der Waals surface area contributed by atoms with E-state index in [4.69, 9.17) is 0 Å². The van der Waals surface area contributed by atoms with Crippen molar-refractivity contribution in [2.75, 3.05) is 13.2 Å². The van der Waals surface area contributed by atoms with Crippen LogP contribution in [0, 0.1) is 0 Å². The van der Waals surface area contributed by atoms with Crippen molar-refractivity contribution in [1.29, 1.82) is 0 Å². The summed E-state index contributed by atoms with van der Waals surface area (Å²) in [5.41, 5.74) is -0.0995. The first-order valence-electron chi connectivity index (χ1n) is 7.68. The molecule has 3 atom stereocenters. The topological polar surface area (TPSA) is 35.5 Å². The van der Waals surface area contributed by atoms with Gasteiger partial charge < -0.3 is 10.4 Å². The summed E-state index contributed by atoms with van der Waals surface area (Å²) >= 11 is 0. The monoisotopic (exact) mass is 254 g/mol. The summed E-state index contributed by atoms with van der Waals surface area (Å²) in [6, 6.07) is 1.93. The average molecular weight is 254 g/mol. The highest BCUT2D eigenvalue weighted by molar-refractivity contribution is 4.95. The van der Waals surface area contributed by atoms with Crippen molar-refractivity contribution in [2.24, 2.45) is 0 Å². The smallest absolute Gasteiger partial charge is 0.0611 e. The molecule has 1 aliphatic carbocycles. The van der Waals surface area contributed by atoms with Gasteiger partial charge >= 0.3 is 0 Å². The molecule has 3 nitrogen and oxygen atoms in total. The Morgan fingerprint density at radius 2 is 2.06 bits per heavy atom. The Morgan fingerprint density at radius 3 is 2.61 bits per heavy atom. The van der Waals surface area contributed by atoms with Gasteiger partial charge in [0.25, 0.3) is 0 Å². The average Bonchev–Trinajstić information content (AvgIpc) is 3.13. The van der Waals surface area contributed by atoms with Gasteiger partial charge in [0.1, 0.15) is 0 Å². The second kappa shape index (κ2) is 5.89. The lowest BCUT2D eigenvalue weighted by Crippen LogP contribution is -2.53. The van der Waals surface area contributed by atoms with Crippen LogP contribution in [0.5, 0.6) is 0 Å². The largest absolute Gasteiger partial charge is 0.394 e. The third kappa shape index (κ3) is 3.69. The lowest BCUT2D eigenvalue weighted by molar-refractivity contribution is 0.0715. The summed E-state index contributed by atoms with van der Waals surface area (Å²) in [6.07, 6.45) is 7.65. The van der Waals surface area contributed by atoms with Crippen LogP contribution in [0.25, 0.3) is 0 Å². The van der Waals surface area contributed by atoms with Gasteiger partial charge in [-0.3, -0.25) is 4.90 Å². The third-order valence-corrected chi connectivity index (χ3v) is 4.65. The van der Waals surface area contributed by atoms with Crippen LogP contribution in [-0.4, -0.2) is 46.8 Å². The van der Waals surface area contributed by atoms with Gasteiger partial charge in [-0.2, -0.15) is 0 Å². The maximum atomic E-state index is 9.69. The van der Waals surface area contributed by atoms with Crippen molar-refractivity contribution in [2.45, 2.75) is 83.0 Å². The molecular formula is C15H30N2O. The first-order valence-corrected chi connectivity index (χ1v) is 7.68. The van der Waals surface area contributed by atoms with E-state index in [9.17, 15) is 5.11 Å². The van der Waals surface area contributed by atoms with E-state index in [2.05, 4.69) is 31.0 Å². The molecule has 18 heavy (non-hydrogen) atoms. The molecule has 0 aromatic heterocycles. The number of nitrogens with zero attached hydrogens (tertiary/aromatic N) is 1. The predicted molar refractivity (Wildman–Crippen MR) is 75.7 cm³/mol. The lowest BCUT2D eigenvalue weighted by atomic mass is 9.91. The molecule has 3 heteroatoms. The number of likely N-dealkylation sites (tertiary alicyclic amines) is 1. The molecule has 2 aliphatic rings. The Balaban J connectivity index is 1.88. The van der Waals surface area contributed by atoms with E-state index in [0.717, 1.165) is 6.42 Å². The lowest BCUT2D eigenvalue weighted by Gasteiger charge is -2.42. The SMILES string of the molecule is CC1CCCCN1C(C)CC(C)(CO)NC1CC1. The zero-order valence-corrected chi connectivity index (χ0v) is 12.3. The zero-order valence-electron chi connectivity index (χ0n) is 12.3. The molecule has 2 N–H and O–H groups in total. The molecular weight excluding hydrogens is 224 g/mol. The van der Waals surface area contributed by atoms with E-state index in [-0.39, 0.29) is 12.1 Å². The predicted octanol–water partition coefficient (Wildman–Crippen LogP) is 2.14. The summed E-state index contributed by atoms with van der Waals surface area (Å²) in [7, 11) is 0. The van der Waals surface area contributed by atoms with Gasteiger partial charge in [0.05, 0.1) is 6.61 Å². The maximum Gasteiger partial charge on any atom is 0.0611 e. The number of rotatable bonds is 6. The van der Waals surface area contributed by atoms with E-state index in [1.54, 1.807) is 0 Å². The Morgan fingerprint density at radius 1 is 1.33 bits per heavy atom. The molecule has 3 unspecified atom stereocenters. The molecule has 0 bridgehead atoms. The Hall–Kier alpha value is -0.120. The summed E-state index contributed by atoms with van der Waals surface area (Å²) in [4.78, 5) is 2.63. The number of piperidine rings is 1. The molecule has 106 valence electrons. The van der Waals surface area contributed by atoms with Crippen molar-refractivity contribution >= 4 is 0 Å². The van der Waals surface area contributed by atoms with Crippen LogP contribution in [0.3, 0.4) is 0 Å². The number of aliphatic hydroxyl groups excluding tert-OH is 1. The second-order valence-electron chi connectivity index (χ2n) is 6.77. The number of aliphatic hydroxyl groups is 1. The van der Waals surface area contributed by atoms with Crippen LogP contribution in [0.1, 0.15) is 59.3 Å². The third-order valence-electron chi connectivity index (χ3n) is 4.65. The van der Waals surface area contributed by atoms with Crippen LogP contribution in [-0.2, 0) is 0 Å². The molecule has 2 fully saturated rings. The summed E-state index contributed by atoms with van der Waals surface area (Å²) < 4.78 is 0. The highest BCUT2D eigenvalue weighted by Crippen LogP contribution is 2.27. The summed E-state index contributed by atoms with van der Waals surface area (Å²) in [6.45, 7) is 8.32. The Kier molecular flexibility index (Phi) is 4.68. The Bertz CT molecular complexity index is 267. The van der Waals surface area contributed by atoms with E-state index in [0.29, 0.717) is 18.1 Å². The summed E-state index contributed by atoms with van der Waals surface area (Å²) in [5.74, 6) is 0. The van der Waals surface area contributed by atoms with Crippen LogP contribution in [0.2, 0.25) is 0 Å². The van der Waals surface area contributed by atoms with Crippen LogP contribution < -0.4 is 5.32 Å². The normalized spacial score (nSPS) is 31.0. The second-order valence-corrected chi connectivity index (χ2v) is 6.77. The van der Waals surface area contributed by atoms with E-state index >= 15 is 0 Å². The van der Waals surface area contributed by atoms with Gasteiger partial charge in [0, 0.05) is 23.7 Å².